The number of carbonyl (C=O) groups excluding carboxylic acids is 2. The largest absolute Gasteiger partial charge is 0.378 e. The third kappa shape index (κ3) is 6.65. The minimum absolute atomic E-state index is 0.0381. The second kappa shape index (κ2) is 12.4. The Morgan fingerprint density at radius 1 is 0.977 bits per heavy atom. The molecule has 2 aliphatic heterocycles. The van der Waals surface area contributed by atoms with Crippen molar-refractivity contribution in [2.45, 2.75) is 62.9 Å². The van der Waals surface area contributed by atoms with E-state index < -0.39 is 5.91 Å². The Kier molecular flexibility index (Phi) is 8.44. The van der Waals surface area contributed by atoms with Gasteiger partial charge in [0.15, 0.2) is 11.5 Å². The lowest BCUT2D eigenvalue weighted by atomic mass is 9.74. The number of nitrogens with one attached hydrogen (secondary N) is 2. The van der Waals surface area contributed by atoms with Gasteiger partial charge in [0.05, 0.1) is 6.20 Å². The average Bonchev–Trinajstić information content (AvgIpc) is 3.88. The Balaban J connectivity index is 1.12. The minimum Gasteiger partial charge on any atom is -0.378 e. The van der Waals surface area contributed by atoms with E-state index in [-0.39, 0.29) is 23.1 Å². The van der Waals surface area contributed by atoms with Crippen LogP contribution in [0.4, 0.5) is 23.0 Å². The van der Waals surface area contributed by atoms with Crippen LogP contribution in [0.3, 0.4) is 0 Å². The molecule has 1 aliphatic carbocycles. The molecule has 44 heavy (non-hydrogen) atoms. The summed E-state index contributed by atoms with van der Waals surface area (Å²) in [6.07, 6.45) is 8.40. The molecule has 232 valence electrons. The molecule has 2 aromatic carbocycles. The fraction of sp³-hybridized carbons (Fsp3) is 0.471. The molecule has 6 rings (SSSR count). The highest BCUT2D eigenvalue weighted by Crippen LogP contribution is 2.39. The number of aromatic nitrogens is 2. The lowest BCUT2D eigenvalue weighted by Crippen LogP contribution is -2.48. The Bertz CT molecular complexity index is 1480. The first kappa shape index (κ1) is 29.9. The number of hydrogen-bond donors (Lipinski definition) is 3. The second-order valence-electron chi connectivity index (χ2n) is 13.0. The predicted octanol–water partition coefficient (Wildman–Crippen LogP) is 4.30. The van der Waals surface area contributed by atoms with Crippen molar-refractivity contribution in [1.82, 2.24) is 20.2 Å². The van der Waals surface area contributed by atoms with E-state index in [9.17, 15) is 9.59 Å². The van der Waals surface area contributed by atoms with Crippen LogP contribution < -0.4 is 26.2 Å². The van der Waals surface area contributed by atoms with E-state index in [0.717, 1.165) is 62.7 Å². The van der Waals surface area contributed by atoms with Gasteiger partial charge in [0.25, 0.3) is 11.8 Å². The molecule has 3 heterocycles. The maximum atomic E-state index is 13.0. The first-order valence-corrected chi connectivity index (χ1v) is 15.8. The van der Waals surface area contributed by atoms with Gasteiger partial charge in [-0.1, -0.05) is 19.1 Å². The molecule has 0 radical (unpaired) electrons. The number of likely N-dealkylation sites (tertiary alicyclic amines) is 1. The summed E-state index contributed by atoms with van der Waals surface area (Å²) in [7, 11) is 3.95. The number of amides is 2. The van der Waals surface area contributed by atoms with Gasteiger partial charge in [-0.25, -0.2) is 9.97 Å². The lowest BCUT2D eigenvalue weighted by Gasteiger charge is -2.40. The zero-order chi connectivity index (χ0) is 30.8. The maximum absolute atomic E-state index is 13.0. The van der Waals surface area contributed by atoms with Gasteiger partial charge in [0.2, 0.25) is 0 Å². The monoisotopic (exact) mass is 596 g/mol. The molecule has 1 aromatic heterocycles. The van der Waals surface area contributed by atoms with Crippen LogP contribution >= 0.6 is 0 Å². The second-order valence-corrected chi connectivity index (χ2v) is 13.0. The van der Waals surface area contributed by atoms with E-state index in [4.69, 9.17) is 10.7 Å². The quantitative estimate of drug-likeness (QED) is 0.335. The van der Waals surface area contributed by atoms with E-state index in [1.807, 2.05) is 55.4 Å². The summed E-state index contributed by atoms with van der Waals surface area (Å²) in [5, 5.41) is 6.48. The summed E-state index contributed by atoms with van der Waals surface area (Å²) in [5.74, 6) is 0.241. The number of nitrogens with two attached hydrogens (primary N) is 1. The Labute approximate surface area is 260 Å². The molecule has 1 atom stereocenters. The summed E-state index contributed by atoms with van der Waals surface area (Å²) in [6, 6.07) is 16.8. The van der Waals surface area contributed by atoms with Gasteiger partial charge in [-0.2, -0.15) is 0 Å². The third-order valence-electron chi connectivity index (χ3n) is 9.53. The van der Waals surface area contributed by atoms with Crippen LogP contribution in [-0.2, 0) is 5.41 Å². The summed E-state index contributed by atoms with van der Waals surface area (Å²) in [4.78, 5) is 41.2. The van der Waals surface area contributed by atoms with E-state index >= 15 is 0 Å². The highest BCUT2D eigenvalue weighted by molar-refractivity contribution is 5.96. The van der Waals surface area contributed by atoms with E-state index in [2.05, 4.69) is 44.5 Å². The molecule has 1 saturated carbocycles. The number of nitrogens with zero attached hydrogens (tertiary/aromatic N) is 5. The molecule has 0 bridgehead atoms. The molecular formula is C34H44N8O2. The lowest BCUT2D eigenvalue weighted by molar-refractivity contribution is 0.0932. The van der Waals surface area contributed by atoms with Crippen LogP contribution in [0.2, 0.25) is 0 Å². The summed E-state index contributed by atoms with van der Waals surface area (Å²) in [6.45, 7) is 6.07. The topological polar surface area (TPSA) is 120 Å². The van der Waals surface area contributed by atoms with Crippen molar-refractivity contribution >= 4 is 34.8 Å². The van der Waals surface area contributed by atoms with Gasteiger partial charge < -0.3 is 31.1 Å². The van der Waals surface area contributed by atoms with Crippen molar-refractivity contribution in [3.63, 3.8) is 0 Å². The molecule has 10 heteroatoms. The van der Waals surface area contributed by atoms with Crippen LogP contribution in [0.1, 0.15) is 71.9 Å². The predicted molar refractivity (Wildman–Crippen MR) is 175 cm³/mol. The number of hydrogen-bond acceptors (Lipinski definition) is 8. The molecule has 3 fully saturated rings. The standard InChI is InChI=1S/C34H44N8O2/c1-34(16-19-41(20-17-34)28-14-15-28)24-8-10-25(11-9-24)37-32-30(31(35)43)36-21-29(39-32)42-18-4-5-26(22-42)38-33(44)23-6-12-27(13-7-23)40(2)3/h6-13,21,26,28H,4-5,14-20,22H2,1-3H3,(H2,35,43)(H,37,39)(H,38,44). The zero-order valence-electron chi connectivity index (χ0n) is 26.1. The van der Waals surface area contributed by atoms with Crippen LogP contribution in [0.15, 0.2) is 54.7 Å². The molecule has 2 amide bonds. The van der Waals surface area contributed by atoms with Gasteiger partial charge >= 0.3 is 0 Å². The van der Waals surface area contributed by atoms with Gasteiger partial charge in [-0.15, -0.1) is 0 Å². The number of benzene rings is 2. The molecule has 0 spiro atoms. The van der Waals surface area contributed by atoms with E-state index in [1.54, 1.807) is 6.20 Å². The SMILES string of the molecule is CN(C)c1ccc(C(=O)NC2CCCN(c3cnc(C(N)=O)c(Nc4ccc(C5(C)CCN(C6CC6)CC5)cc4)n3)C2)cc1. The number of carbonyl (C=O) groups is 2. The molecule has 1 unspecified atom stereocenters. The molecule has 2 saturated heterocycles. The van der Waals surface area contributed by atoms with Crippen molar-refractivity contribution in [3.8, 4) is 0 Å². The van der Waals surface area contributed by atoms with Crippen molar-refractivity contribution in [2.75, 3.05) is 55.4 Å². The molecule has 10 nitrogen and oxygen atoms in total. The fourth-order valence-corrected chi connectivity index (χ4v) is 6.49. The zero-order valence-corrected chi connectivity index (χ0v) is 26.1. The van der Waals surface area contributed by atoms with E-state index in [1.165, 1.54) is 18.4 Å². The van der Waals surface area contributed by atoms with Gasteiger partial charge in [-0.05, 0) is 99.0 Å². The van der Waals surface area contributed by atoms with Gasteiger partial charge in [-0.3, -0.25) is 9.59 Å². The Hall–Kier alpha value is -4.18. The fourth-order valence-electron chi connectivity index (χ4n) is 6.49. The highest BCUT2D eigenvalue weighted by Gasteiger charge is 2.37. The van der Waals surface area contributed by atoms with E-state index in [0.29, 0.717) is 23.7 Å². The van der Waals surface area contributed by atoms with Crippen molar-refractivity contribution in [1.29, 1.82) is 0 Å². The first-order chi connectivity index (χ1) is 21.2. The summed E-state index contributed by atoms with van der Waals surface area (Å²) >= 11 is 0. The number of primary amides is 1. The van der Waals surface area contributed by atoms with Gasteiger partial charge in [0.1, 0.15) is 5.82 Å². The number of piperidine rings is 2. The number of rotatable bonds is 9. The number of anilines is 4. The Morgan fingerprint density at radius 3 is 2.32 bits per heavy atom. The summed E-state index contributed by atoms with van der Waals surface area (Å²) in [5.41, 5.74) is 9.78. The summed E-state index contributed by atoms with van der Waals surface area (Å²) < 4.78 is 0. The first-order valence-electron chi connectivity index (χ1n) is 15.8. The molecule has 4 N–H and O–H groups in total. The molecule has 3 aromatic rings. The smallest absolute Gasteiger partial charge is 0.271 e. The van der Waals surface area contributed by atoms with Crippen molar-refractivity contribution in [3.05, 3.63) is 71.5 Å². The maximum Gasteiger partial charge on any atom is 0.271 e. The normalized spacial score (nSPS) is 20.2. The molecule has 3 aliphatic rings. The Morgan fingerprint density at radius 2 is 1.68 bits per heavy atom. The van der Waals surface area contributed by atoms with Crippen LogP contribution in [0.25, 0.3) is 0 Å². The average molecular weight is 597 g/mol. The van der Waals surface area contributed by atoms with Crippen LogP contribution in [-0.4, -0.2) is 79.0 Å². The highest BCUT2D eigenvalue weighted by atomic mass is 16.2. The van der Waals surface area contributed by atoms with Crippen molar-refractivity contribution in [2.24, 2.45) is 5.73 Å². The molecular weight excluding hydrogens is 552 g/mol. The van der Waals surface area contributed by atoms with Crippen LogP contribution in [0, 0.1) is 0 Å². The minimum atomic E-state index is -0.637. The van der Waals surface area contributed by atoms with Gasteiger partial charge in [0, 0.05) is 56.2 Å². The third-order valence-corrected chi connectivity index (χ3v) is 9.53. The van der Waals surface area contributed by atoms with Crippen molar-refractivity contribution < 1.29 is 9.59 Å². The van der Waals surface area contributed by atoms with Crippen LogP contribution in [0.5, 0.6) is 0 Å².